The molecule has 1 aliphatic rings. The molecule has 0 aromatic heterocycles. The summed E-state index contributed by atoms with van der Waals surface area (Å²) in [5.41, 5.74) is -1.43. The number of hydrogen-bond acceptors (Lipinski definition) is 3. The van der Waals surface area contributed by atoms with Gasteiger partial charge in [0.2, 0.25) is 0 Å². The molecule has 1 atom stereocenters. The molecule has 4 nitrogen and oxygen atoms in total. The minimum Gasteiger partial charge on any atom is -0.375 e. The second kappa shape index (κ2) is 8.55. The maximum Gasteiger partial charge on any atom is 0.261 e. The van der Waals surface area contributed by atoms with Crippen molar-refractivity contribution in [2.45, 2.75) is 25.9 Å². The molecule has 1 aliphatic heterocycles. The monoisotopic (exact) mass is 399 g/mol. The first-order valence-corrected chi connectivity index (χ1v) is 8.19. The van der Waals surface area contributed by atoms with Gasteiger partial charge in [-0.2, -0.15) is 0 Å². The second-order valence-electron chi connectivity index (χ2n) is 5.24. The highest BCUT2D eigenvalue weighted by atomic mass is 35.5. The summed E-state index contributed by atoms with van der Waals surface area (Å²) in [5.74, 6) is -1.17. The molecule has 1 amide bonds. The van der Waals surface area contributed by atoms with Gasteiger partial charge in [0.25, 0.3) is 5.91 Å². The van der Waals surface area contributed by atoms with Gasteiger partial charge in [-0.15, -0.1) is 12.8 Å². The number of carbonyl (C=O) groups is 2. The lowest BCUT2D eigenvalue weighted by atomic mass is 9.87. The average Bonchev–Trinajstić information content (AvgIpc) is 2.81. The van der Waals surface area contributed by atoms with Crippen LogP contribution in [0.15, 0.2) is 45.6 Å². The van der Waals surface area contributed by atoms with Gasteiger partial charge in [-0.05, 0) is 26.0 Å². The van der Waals surface area contributed by atoms with E-state index in [0.29, 0.717) is 10.6 Å². The van der Waals surface area contributed by atoms with Crippen LogP contribution >= 0.6 is 34.8 Å². The number of benzene rings is 1. The van der Waals surface area contributed by atoms with Gasteiger partial charge in [0, 0.05) is 26.2 Å². The van der Waals surface area contributed by atoms with Crippen LogP contribution in [0, 0.1) is 12.8 Å². The topological polar surface area (TPSA) is 66.4 Å². The molecule has 1 unspecified atom stereocenters. The number of aliphatic hydroxyl groups is 1. The maximum atomic E-state index is 12.4. The van der Waals surface area contributed by atoms with Crippen molar-refractivity contribution in [2.24, 2.45) is 0 Å². The van der Waals surface area contributed by atoms with Crippen LogP contribution in [0.3, 0.4) is 0 Å². The summed E-state index contributed by atoms with van der Waals surface area (Å²) in [6, 6.07) is 6.28. The quantitative estimate of drug-likeness (QED) is 0.595. The van der Waals surface area contributed by atoms with Crippen molar-refractivity contribution in [3.8, 4) is 12.8 Å². The van der Waals surface area contributed by atoms with Gasteiger partial charge in [0.1, 0.15) is 0 Å². The van der Waals surface area contributed by atoms with Gasteiger partial charge in [-0.25, -0.2) is 0 Å². The minimum absolute atomic E-state index is 0.118. The Morgan fingerprint density at radius 2 is 1.84 bits per heavy atom. The van der Waals surface area contributed by atoms with E-state index in [1.165, 1.54) is 13.0 Å². The fraction of sp³-hybridized carbons (Fsp3) is 0.222. The highest BCUT2D eigenvalue weighted by molar-refractivity contribution is 6.33. The molecule has 1 aromatic rings. The number of allylic oxidation sites excluding steroid dienone is 2. The van der Waals surface area contributed by atoms with E-state index in [-0.39, 0.29) is 21.3 Å². The molecular weight excluding hydrogens is 385 g/mol. The molecule has 0 spiro atoms. The van der Waals surface area contributed by atoms with Crippen LogP contribution < -0.4 is 5.32 Å². The van der Waals surface area contributed by atoms with Crippen LogP contribution in [-0.4, -0.2) is 22.4 Å². The van der Waals surface area contributed by atoms with E-state index >= 15 is 0 Å². The standard InChI is InChI=1S/C16H14Cl3NO3.C2H2/c1-8(17)13-14(9(2)18)20-15(22)16(13,23)7-12(21)10-4-3-5-11(19)6-10;1-2/h3-6,23H,7H2,1-2H3,(H,20,22);1-2H/b13-8-,14-9-;. The summed E-state index contributed by atoms with van der Waals surface area (Å²) in [5, 5.41) is 14.1. The predicted molar refractivity (Wildman–Crippen MR) is 100 cm³/mol. The minimum atomic E-state index is -2.07. The van der Waals surface area contributed by atoms with Crippen molar-refractivity contribution >= 4 is 46.5 Å². The Hall–Kier alpha value is -1.77. The lowest BCUT2D eigenvalue weighted by molar-refractivity contribution is -0.132. The highest BCUT2D eigenvalue weighted by Crippen LogP contribution is 2.39. The Morgan fingerprint density at radius 3 is 2.32 bits per heavy atom. The Bertz CT molecular complexity index is 788. The molecule has 2 rings (SSSR count). The molecule has 0 bridgehead atoms. The second-order valence-corrected chi connectivity index (χ2v) is 6.81. The summed E-state index contributed by atoms with van der Waals surface area (Å²) in [6.45, 7) is 3.08. The average molecular weight is 401 g/mol. The first-order chi connectivity index (χ1) is 11.7. The van der Waals surface area contributed by atoms with Crippen LogP contribution in [0.5, 0.6) is 0 Å². The SMILES string of the molecule is C#C.C/C(Cl)=C1/NC(=O)C(O)(CC(=O)c2cccc(Cl)c2)/C1=C(/C)Cl. The summed E-state index contributed by atoms with van der Waals surface area (Å²) in [6.07, 6.45) is 7.53. The number of halogens is 3. The molecule has 1 fully saturated rings. The van der Waals surface area contributed by atoms with E-state index in [1.54, 1.807) is 25.1 Å². The van der Waals surface area contributed by atoms with Crippen LogP contribution in [0.25, 0.3) is 0 Å². The van der Waals surface area contributed by atoms with Gasteiger partial charge in [0.05, 0.1) is 12.1 Å². The summed E-state index contributed by atoms with van der Waals surface area (Å²) in [4.78, 5) is 24.7. The number of rotatable bonds is 3. The Balaban J connectivity index is 0.00000151. The van der Waals surface area contributed by atoms with Gasteiger partial charge in [-0.1, -0.05) is 46.9 Å². The molecule has 25 heavy (non-hydrogen) atoms. The van der Waals surface area contributed by atoms with Crippen molar-refractivity contribution in [1.29, 1.82) is 0 Å². The smallest absolute Gasteiger partial charge is 0.261 e. The third-order valence-electron chi connectivity index (χ3n) is 3.53. The fourth-order valence-electron chi connectivity index (χ4n) is 2.48. The fourth-order valence-corrected chi connectivity index (χ4v) is 3.06. The van der Waals surface area contributed by atoms with Gasteiger partial charge in [-0.3, -0.25) is 9.59 Å². The normalized spacial score (nSPS) is 23.3. The molecule has 7 heteroatoms. The van der Waals surface area contributed by atoms with Crippen LogP contribution in [-0.2, 0) is 4.79 Å². The van der Waals surface area contributed by atoms with Crippen LogP contribution in [0.2, 0.25) is 5.02 Å². The first kappa shape index (κ1) is 21.3. The van der Waals surface area contributed by atoms with Gasteiger partial charge in [0.15, 0.2) is 11.4 Å². The van der Waals surface area contributed by atoms with Crippen molar-refractivity contribution in [3.05, 3.63) is 56.2 Å². The number of amides is 1. The van der Waals surface area contributed by atoms with Crippen molar-refractivity contribution < 1.29 is 14.7 Å². The lowest BCUT2D eigenvalue weighted by Crippen LogP contribution is -2.41. The number of ketones is 1. The number of Topliss-reactive ketones (excluding diaryl/α,β-unsaturated/α-hetero) is 1. The Kier molecular flexibility index (Phi) is 7.28. The number of hydrogen-bond donors (Lipinski definition) is 2. The molecular formula is C18H16Cl3NO3. The zero-order valence-corrected chi connectivity index (χ0v) is 15.8. The lowest BCUT2D eigenvalue weighted by Gasteiger charge is -2.21. The van der Waals surface area contributed by atoms with E-state index in [4.69, 9.17) is 34.8 Å². The van der Waals surface area contributed by atoms with E-state index in [1.807, 2.05) is 0 Å². The van der Waals surface area contributed by atoms with E-state index in [9.17, 15) is 14.7 Å². The molecule has 2 N–H and O–H groups in total. The van der Waals surface area contributed by atoms with Crippen molar-refractivity contribution in [2.75, 3.05) is 0 Å². The zero-order chi connectivity index (χ0) is 19.4. The number of carbonyl (C=O) groups excluding carboxylic acids is 2. The molecule has 132 valence electrons. The van der Waals surface area contributed by atoms with Crippen LogP contribution in [0.1, 0.15) is 30.6 Å². The molecule has 1 heterocycles. The van der Waals surface area contributed by atoms with Crippen molar-refractivity contribution in [1.82, 2.24) is 5.32 Å². The first-order valence-electron chi connectivity index (χ1n) is 7.06. The molecule has 0 saturated carbocycles. The third-order valence-corrected chi connectivity index (χ3v) is 4.14. The van der Waals surface area contributed by atoms with E-state index in [2.05, 4.69) is 18.2 Å². The Morgan fingerprint density at radius 1 is 1.24 bits per heavy atom. The Labute approximate surface area is 161 Å². The molecule has 0 aliphatic carbocycles. The predicted octanol–water partition coefficient (Wildman–Crippen LogP) is 4.01. The largest absolute Gasteiger partial charge is 0.375 e. The van der Waals surface area contributed by atoms with Gasteiger partial charge >= 0.3 is 0 Å². The maximum absolute atomic E-state index is 12.4. The van der Waals surface area contributed by atoms with E-state index in [0.717, 1.165) is 0 Å². The van der Waals surface area contributed by atoms with Crippen molar-refractivity contribution in [3.63, 3.8) is 0 Å². The highest BCUT2D eigenvalue weighted by Gasteiger charge is 2.50. The third kappa shape index (κ3) is 4.45. The van der Waals surface area contributed by atoms with Gasteiger partial charge < -0.3 is 10.4 Å². The molecule has 0 radical (unpaired) electrons. The number of terminal acetylenes is 1. The van der Waals surface area contributed by atoms with E-state index < -0.39 is 23.7 Å². The molecule has 1 aromatic carbocycles. The van der Waals surface area contributed by atoms with Crippen LogP contribution in [0.4, 0.5) is 0 Å². The summed E-state index contributed by atoms with van der Waals surface area (Å²) >= 11 is 17.8. The summed E-state index contributed by atoms with van der Waals surface area (Å²) < 4.78 is 0. The summed E-state index contributed by atoms with van der Waals surface area (Å²) in [7, 11) is 0. The number of nitrogens with one attached hydrogen (secondary N) is 1. The molecule has 1 saturated heterocycles. The zero-order valence-electron chi connectivity index (χ0n) is 13.6.